The van der Waals surface area contributed by atoms with Gasteiger partial charge >= 0.3 is 0 Å². The van der Waals surface area contributed by atoms with Crippen LogP contribution in [0, 0.1) is 0 Å². The van der Waals surface area contributed by atoms with Crippen LogP contribution in [-0.4, -0.2) is 23.7 Å². The van der Waals surface area contributed by atoms with E-state index in [-0.39, 0.29) is 0 Å². The summed E-state index contributed by atoms with van der Waals surface area (Å²) in [6.07, 6.45) is 0. The summed E-state index contributed by atoms with van der Waals surface area (Å²) in [7, 11) is 0. The SMILES string of the molecule is c1ccc2c(c1)oc1cc(-c3ccc4c(c3)c3ccccc3n4-c3cc(-n4c5ccccc5c5cc(-c6ccc7c(c6)oc6ccccc67)ccc54)nc(-n4c5ccccc5c5cc(-c6ccc7c(c6)oc6ccccc67)ccc54)n3)ccc12. The molecule has 19 aromatic rings. The number of benzene rings is 12. The summed E-state index contributed by atoms with van der Waals surface area (Å²) < 4.78 is 26.0. The van der Waals surface area contributed by atoms with E-state index in [1.165, 1.54) is 0 Å². The van der Waals surface area contributed by atoms with E-state index in [2.05, 4.69) is 238 Å². The molecule has 390 valence electrons. The van der Waals surface area contributed by atoms with Crippen molar-refractivity contribution in [3.8, 4) is 51.0 Å². The second-order valence-electron chi connectivity index (χ2n) is 22.1. The van der Waals surface area contributed by atoms with Crippen LogP contribution in [0.5, 0.6) is 0 Å². The normalized spacial score (nSPS) is 12.3. The van der Waals surface area contributed by atoms with E-state index in [0.29, 0.717) is 5.95 Å². The highest BCUT2D eigenvalue weighted by Crippen LogP contribution is 2.42. The highest BCUT2D eigenvalue weighted by Gasteiger charge is 2.24. The Balaban J connectivity index is 0.834. The minimum absolute atomic E-state index is 0.550. The van der Waals surface area contributed by atoms with Crippen molar-refractivity contribution in [2.45, 2.75) is 0 Å². The molecule has 7 heterocycles. The van der Waals surface area contributed by atoms with Crippen molar-refractivity contribution in [2.24, 2.45) is 0 Å². The van der Waals surface area contributed by atoms with Gasteiger partial charge < -0.3 is 13.3 Å². The minimum atomic E-state index is 0.550. The molecule has 8 nitrogen and oxygen atoms in total. The quantitative estimate of drug-likeness (QED) is 0.166. The summed E-state index contributed by atoms with van der Waals surface area (Å²) in [5.74, 6) is 2.02. The van der Waals surface area contributed by atoms with Gasteiger partial charge in [-0.2, -0.15) is 9.97 Å². The molecule has 0 spiro atoms. The molecule has 0 bridgehead atoms. The summed E-state index contributed by atoms with van der Waals surface area (Å²) >= 11 is 0. The molecule has 12 aromatic carbocycles. The van der Waals surface area contributed by atoms with E-state index >= 15 is 0 Å². The molecule has 0 aliphatic carbocycles. The number of fused-ring (bicyclic) bond motifs is 18. The van der Waals surface area contributed by atoms with Crippen LogP contribution < -0.4 is 0 Å². The molecule has 0 aliphatic heterocycles. The largest absolute Gasteiger partial charge is 0.456 e. The molecular weight excluding hydrogens is 1030 g/mol. The molecule has 0 atom stereocenters. The molecule has 0 fully saturated rings. The Bertz CT molecular complexity index is 5430. The lowest BCUT2D eigenvalue weighted by Gasteiger charge is -2.15. The number of nitrogens with zero attached hydrogens (tertiary/aromatic N) is 5. The van der Waals surface area contributed by atoms with Crippen LogP contribution in [0.25, 0.3) is 182 Å². The van der Waals surface area contributed by atoms with Crippen LogP contribution in [0.1, 0.15) is 0 Å². The first-order chi connectivity index (χ1) is 41.6. The number of aromatic nitrogens is 5. The second-order valence-corrected chi connectivity index (χ2v) is 22.1. The lowest BCUT2D eigenvalue weighted by Crippen LogP contribution is -2.10. The lowest BCUT2D eigenvalue weighted by molar-refractivity contribution is 0.668. The highest BCUT2D eigenvalue weighted by molar-refractivity contribution is 6.15. The maximum atomic E-state index is 6.39. The van der Waals surface area contributed by atoms with E-state index in [0.717, 1.165) is 176 Å². The smallest absolute Gasteiger partial charge is 0.238 e. The molecular formula is C76H43N5O3. The molecule has 0 saturated heterocycles. The van der Waals surface area contributed by atoms with Crippen LogP contribution in [0.15, 0.2) is 274 Å². The zero-order chi connectivity index (χ0) is 54.7. The summed E-state index contributed by atoms with van der Waals surface area (Å²) in [6.45, 7) is 0. The molecule has 7 aromatic heterocycles. The number of rotatable bonds is 6. The summed E-state index contributed by atoms with van der Waals surface area (Å²) in [5, 5.41) is 13.3. The first kappa shape index (κ1) is 45.3. The van der Waals surface area contributed by atoms with Crippen molar-refractivity contribution in [1.82, 2.24) is 23.7 Å². The fourth-order valence-electron chi connectivity index (χ4n) is 13.6. The van der Waals surface area contributed by atoms with Gasteiger partial charge in [0.1, 0.15) is 45.1 Å². The van der Waals surface area contributed by atoms with Crippen molar-refractivity contribution in [3.05, 3.63) is 261 Å². The summed E-state index contributed by atoms with van der Waals surface area (Å²) in [4.78, 5) is 11.4. The third-order valence-electron chi connectivity index (χ3n) is 17.5. The van der Waals surface area contributed by atoms with Gasteiger partial charge in [-0.1, -0.05) is 146 Å². The molecule has 0 amide bonds. The van der Waals surface area contributed by atoms with Gasteiger partial charge in [0.25, 0.3) is 0 Å². The lowest BCUT2D eigenvalue weighted by atomic mass is 10.0. The Labute approximate surface area is 477 Å². The van der Waals surface area contributed by atoms with Crippen molar-refractivity contribution >= 4 is 131 Å². The van der Waals surface area contributed by atoms with Gasteiger partial charge in [-0.25, -0.2) is 0 Å². The monoisotopic (exact) mass is 1070 g/mol. The molecule has 8 heteroatoms. The van der Waals surface area contributed by atoms with Gasteiger partial charge in [0.2, 0.25) is 5.95 Å². The highest BCUT2D eigenvalue weighted by atomic mass is 16.3. The third kappa shape index (κ3) is 6.53. The molecule has 0 radical (unpaired) electrons. The molecule has 0 N–H and O–H groups in total. The maximum Gasteiger partial charge on any atom is 0.238 e. The van der Waals surface area contributed by atoms with Crippen molar-refractivity contribution in [1.29, 1.82) is 0 Å². The standard InChI is InChI=1S/C76H43N5O3/c1-7-19-62-50(13-1)59-37-44(47-25-31-56-53-16-4-10-22-68(53)82-71(56)40-47)28-34-65(59)79(62)74-43-75(80-63-20-8-2-14-51(63)60-38-45(29-35-66(60)80)48-26-32-57-54-17-5-11-23-69(54)83-72(57)41-48)78-76(77-74)81-64-21-9-3-15-52(64)61-39-46(30-36-67(61)81)49-27-33-58-55-18-6-12-24-70(55)84-73(58)42-49/h1-43H. The van der Waals surface area contributed by atoms with Gasteiger partial charge in [-0.3, -0.25) is 13.7 Å². The first-order valence-corrected chi connectivity index (χ1v) is 28.4. The van der Waals surface area contributed by atoms with Gasteiger partial charge in [0.15, 0.2) is 0 Å². The second kappa shape index (κ2) is 17.0. The third-order valence-corrected chi connectivity index (χ3v) is 17.5. The number of furan rings is 3. The van der Waals surface area contributed by atoms with Crippen LogP contribution in [0.3, 0.4) is 0 Å². The first-order valence-electron chi connectivity index (χ1n) is 28.4. The van der Waals surface area contributed by atoms with Crippen molar-refractivity contribution in [3.63, 3.8) is 0 Å². The zero-order valence-electron chi connectivity index (χ0n) is 44.8. The Morgan fingerprint density at radius 1 is 0.202 bits per heavy atom. The van der Waals surface area contributed by atoms with E-state index in [4.69, 9.17) is 23.2 Å². The van der Waals surface area contributed by atoms with Gasteiger partial charge in [-0.15, -0.1) is 0 Å². The molecule has 19 rings (SSSR count). The van der Waals surface area contributed by atoms with Crippen LogP contribution >= 0.6 is 0 Å². The van der Waals surface area contributed by atoms with Crippen LogP contribution in [0.2, 0.25) is 0 Å². The zero-order valence-corrected chi connectivity index (χ0v) is 44.8. The predicted octanol–water partition coefficient (Wildman–Crippen LogP) is 20.5. The van der Waals surface area contributed by atoms with Crippen LogP contribution in [-0.2, 0) is 0 Å². The summed E-state index contributed by atoms with van der Waals surface area (Å²) in [5.41, 5.74) is 17.9. The Hall–Kier alpha value is -11.5. The van der Waals surface area contributed by atoms with Gasteiger partial charge in [-0.05, 0) is 143 Å². The number of hydrogen-bond donors (Lipinski definition) is 0. The molecule has 0 saturated carbocycles. The Morgan fingerprint density at radius 3 is 0.857 bits per heavy atom. The molecule has 0 aliphatic rings. The number of hydrogen-bond acceptors (Lipinski definition) is 5. The van der Waals surface area contributed by atoms with E-state index < -0.39 is 0 Å². The summed E-state index contributed by atoms with van der Waals surface area (Å²) in [6, 6.07) is 92.7. The van der Waals surface area contributed by atoms with Crippen molar-refractivity contribution in [2.75, 3.05) is 0 Å². The molecule has 0 unspecified atom stereocenters. The molecule has 84 heavy (non-hydrogen) atoms. The Morgan fingerprint density at radius 2 is 0.476 bits per heavy atom. The fourth-order valence-corrected chi connectivity index (χ4v) is 13.6. The maximum absolute atomic E-state index is 6.39. The van der Waals surface area contributed by atoms with E-state index in [9.17, 15) is 0 Å². The topological polar surface area (TPSA) is 80.0 Å². The fraction of sp³-hybridized carbons (Fsp3) is 0. The average molecular weight is 1070 g/mol. The predicted molar refractivity (Wildman–Crippen MR) is 343 cm³/mol. The average Bonchev–Trinajstić information content (AvgIpc) is 2.33. The van der Waals surface area contributed by atoms with Gasteiger partial charge in [0, 0.05) is 70.7 Å². The van der Waals surface area contributed by atoms with Gasteiger partial charge in [0.05, 0.1) is 33.1 Å². The minimum Gasteiger partial charge on any atom is -0.456 e. The van der Waals surface area contributed by atoms with E-state index in [1.54, 1.807) is 0 Å². The van der Waals surface area contributed by atoms with Crippen molar-refractivity contribution < 1.29 is 13.3 Å². The number of para-hydroxylation sites is 6. The van der Waals surface area contributed by atoms with Crippen LogP contribution in [0.4, 0.5) is 0 Å². The Kier molecular flexibility index (Phi) is 9.18. The van der Waals surface area contributed by atoms with E-state index in [1.807, 2.05) is 36.4 Å².